The number of nitrogens with one attached hydrogen (secondary N) is 3. The Morgan fingerprint density at radius 1 is 1.04 bits per heavy atom. The number of nitrogens with zero attached hydrogens (tertiary/aromatic N) is 5. The van der Waals surface area contributed by atoms with Gasteiger partial charge in [-0.2, -0.15) is 5.11 Å². The van der Waals surface area contributed by atoms with Crippen molar-refractivity contribution >= 4 is 34.4 Å². The molecule has 16 nitrogen and oxygen atoms in total. The summed E-state index contributed by atoms with van der Waals surface area (Å²) in [5, 5.41) is 10.3. The molecule has 1 unspecified atom stereocenters. The van der Waals surface area contributed by atoms with Gasteiger partial charge in [-0.25, -0.2) is 5.53 Å². The number of carbonyl (C=O) groups excluding carboxylic acids is 4. The average Bonchev–Trinajstić information content (AvgIpc) is 3.43. The molecular formula is C39H42N8O8. The van der Waals surface area contributed by atoms with E-state index >= 15 is 0 Å². The van der Waals surface area contributed by atoms with Gasteiger partial charge in [-0.1, -0.05) is 0 Å². The van der Waals surface area contributed by atoms with Gasteiger partial charge < -0.3 is 29.0 Å². The van der Waals surface area contributed by atoms with Crippen molar-refractivity contribution in [2.45, 2.75) is 38.3 Å². The van der Waals surface area contributed by atoms with Crippen molar-refractivity contribution in [3.63, 3.8) is 0 Å². The number of hydrogen-bond acceptors (Lipinski definition) is 13. The van der Waals surface area contributed by atoms with E-state index in [2.05, 4.69) is 25.6 Å². The number of pyridine rings is 2. The summed E-state index contributed by atoms with van der Waals surface area (Å²) in [5.41, 5.74) is 10.8. The maximum absolute atomic E-state index is 13.1. The van der Waals surface area contributed by atoms with Crippen LogP contribution in [-0.2, 0) is 23.2 Å². The number of aryl methyl sites for hydroxylation is 1. The van der Waals surface area contributed by atoms with Gasteiger partial charge >= 0.3 is 0 Å². The molecular weight excluding hydrogens is 708 g/mol. The number of benzene rings is 2. The Morgan fingerprint density at radius 2 is 1.78 bits per heavy atom. The lowest BCUT2D eigenvalue weighted by atomic mass is 9.99. The van der Waals surface area contributed by atoms with Crippen LogP contribution in [0.15, 0.2) is 76.8 Å². The smallest absolute Gasteiger partial charge is 0.262 e. The number of imide groups is 2. The molecule has 4 amide bonds. The van der Waals surface area contributed by atoms with Gasteiger partial charge in [0.1, 0.15) is 23.3 Å². The van der Waals surface area contributed by atoms with Gasteiger partial charge in [-0.15, -0.1) is 0 Å². The second kappa shape index (κ2) is 16.7. The van der Waals surface area contributed by atoms with Crippen LogP contribution in [0.25, 0.3) is 21.9 Å². The van der Waals surface area contributed by atoms with Crippen LogP contribution >= 0.6 is 0 Å². The first-order valence-corrected chi connectivity index (χ1v) is 17.7. The molecule has 6 rings (SSSR count). The van der Waals surface area contributed by atoms with E-state index in [1.807, 2.05) is 25.2 Å². The van der Waals surface area contributed by atoms with Gasteiger partial charge in [0.2, 0.25) is 11.8 Å². The molecule has 0 saturated carbocycles. The highest BCUT2D eigenvalue weighted by molar-refractivity contribution is 6.23. The zero-order valence-corrected chi connectivity index (χ0v) is 31.0. The summed E-state index contributed by atoms with van der Waals surface area (Å²) in [6.45, 7) is 2.08. The number of aromatic nitrogens is 2. The van der Waals surface area contributed by atoms with Crippen molar-refractivity contribution < 1.29 is 33.4 Å². The summed E-state index contributed by atoms with van der Waals surface area (Å²) < 4.78 is 19.0. The lowest BCUT2D eigenvalue weighted by Crippen LogP contribution is -2.54. The van der Waals surface area contributed by atoms with E-state index in [1.54, 1.807) is 56.7 Å². The Kier molecular flexibility index (Phi) is 11.6. The first kappa shape index (κ1) is 38.3. The lowest BCUT2D eigenvalue weighted by Gasteiger charge is -2.27. The first-order chi connectivity index (χ1) is 26.5. The van der Waals surface area contributed by atoms with Crippen LogP contribution in [0.3, 0.4) is 0 Å². The van der Waals surface area contributed by atoms with Crippen molar-refractivity contribution in [3.05, 3.63) is 93.9 Å². The average molecular weight is 751 g/mol. The molecule has 16 heteroatoms. The van der Waals surface area contributed by atoms with Crippen LogP contribution in [0.4, 0.5) is 0 Å². The Hall–Kier alpha value is -6.42. The third kappa shape index (κ3) is 8.08. The molecule has 1 fully saturated rings. The Morgan fingerprint density at radius 3 is 2.49 bits per heavy atom. The number of methoxy groups -OCH3 is 2. The Balaban J connectivity index is 0.995. The van der Waals surface area contributed by atoms with E-state index in [1.165, 1.54) is 12.1 Å². The third-order valence-corrected chi connectivity index (χ3v) is 9.64. The fourth-order valence-electron chi connectivity index (χ4n) is 6.80. The Labute approximate surface area is 316 Å². The number of piperidine rings is 1. The predicted molar refractivity (Wildman–Crippen MR) is 201 cm³/mol. The first-order valence-electron chi connectivity index (χ1n) is 17.7. The second-order valence-corrected chi connectivity index (χ2v) is 13.3. The monoisotopic (exact) mass is 750 g/mol. The minimum atomic E-state index is -1.04. The summed E-state index contributed by atoms with van der Waals surface area (Å²) in [6.07, 6.45) is 7.94. The largest absolute Gasteiger partial charge is 0.496 e. The molecule has 2 aliphatic rings. The summed E-state index contributed by atoms with van der Waals surface area (Å²) in [4.78, 5) is 69.8. The highest BCUT2D eigenvalue weighted by atomic mass is 16.5. The molecule has 0 radical (unpaired) electrons. The van der Waals surface area contributed by atoms with Crippen LogP contribution in [0, 0.1) is 5.53 Å². The van der Waals surface area contributed by atoms with E-state index in [4.69, 9.17) is 19.7 Å². The molecule has 0 spiro atoms. The topological polar surface area (TPSA) is 198 Å². The van der Waals surface area contributed by atoms with Crippen molar-refractivity contribution in [2.24, 2.45) is 12.2 Å². The SMILES string of the molecule is COc1cc(-c2cn(C)c(=O)c3cnccc23)cc(OC)c1CN(C)CCCN/C=C(/CCOc1ccc2c(c1)C(=O)N(C1CCC(=O)NC1=O)C2=O)N=N. The standard InChI is InChI=1S/C39H42N8O8/c1-45(21-31-33(53-3)16-23(17-34(31)54-4)30-22-46(2)37(50)29-20-42-13-10-26(29)30)14-5-12-41-19-24(44-40)11-15-55-25-6-7-27-28(18-25)39(52)47(38(27)51)32-8-9-35(48)43-36(32)49/h6-7,10,13,16-20,22,32,40-41H,5,8-9,11-12,14-15,21H2,1-4H3,(H,43,48,49)/b24-19-,44-40?. The van der Waals surface area contributed by atoms with E-state index < -0.39 is 29.7 Å². The molecule has 2 aromatic heterocycles. The van der Waals surface area contributed by atoms with Crippen LogP contribution in [0.1, 0.15) is 52.0 Å². The van der Waals surface area contributed by atoms with E-state index in [0.29, 0.717) is 47.8 Å². The third-order valence-electron chi connectivity index (χ3n) is 9.64. The molecule has 2 aromatic carbocycles. The Bertz CT molecular complexity index is 2240. The minimum Gasteiger partial charge on any atom is -0.496 e. The van der Waals surface area contributed by atoms with Gasteiger partial charge in [0.05, 0.1) is 48.6 Å². The fourth-order valence-corrected chi connectivity index (χ4v) is 6.80. The van der Waals surface area contributed by atoms with E-state index in [9.17, 15) is 24.0 Å². The van der Waals surface area contributed by atoms with Crippen LogP contribution in [0.2, 0.25) is 0 Å². The summed E-state index contributed by atoms with van der Waals surface area (Å²) in [5.74, 6) is -0.624. The van der Waals surface area contributed by atoms with Crippen molar-refractivity contribution in [1.29, 1.82) is 5.53 Å². The molecule has 2 aliphatic heterocycles. The van der Waals surface area contributed by atoms with Gasteiger partial charge in [0, 0.05) is 63.3 Å². The molecule has 286 valence electrons. The zero-order valence-electron chi connectivity index (χ0n) is 31.0. The van der Waals surface area contributed by atoms with E-state index in [-0.39, 0.29) is 36.1 Å². The molecule has 4 aromatic rings. The highest BCUT2D eigenvalue weighted by Crippen LogP contribution is 2.38. The molecule has 0 aliphatic carbocycles. The molecule has 0 bridgehead atoms. The molecule has 55 heavy (non-hydrogen) atoms. The number of ether oxygens (including phenoxy) is 3. The maximum Gasteiger partial charge on any atom is 0.262 e. The maximum atomic E-state index is 13.1. The number of hydrogen-bond donors (Lipinski definition) is 3. The van der Waals surface area contributed by atoms with Crippen LogP contribution < -0.4 is 30.4 Å². The number of fused-ring (bicyclic) bond motifs is 2. The van der Waals surface area contributed by atoms with Gasteiger partial charge in [0.25, 0.3) is 17.4 Å². The van der Waals surface area contributed by atoms with Gasteiger partial charge in [-0.3, -0.25) is 39.2 Å². The van der Waals surface area contributed by atoms with Crippen molar-refractivity contribution in [1.82, 2.24) is 30.0 Å². The lowest BCUT2D eigenvalue weighted by molar-refractivity contribution is -0.136. The number of rotatable bonds is 16. The van der Waals surface area contributed by atoms with Crippen molar-refractivity contribution in [2.75, 3.05) is 41.0 Å². The van der Waals surface area contributed by atoms with Gasteiger partial charge in [0.15, 0.2) is 0 Å². The summed E-state index contributed by atoms with van der Waals surface area (Å²) in [7, 11) is 6.96. The quantitative estimate of drug-likeness (QED) is 0.0856. The summed E-state index contributed by atoms with van der Waals surface area (Å²) >= 11 is 0. The van der Waals surface area contributed by atoms with Crippen molar-refractivity contribution in [3.8, 4) is 28.4 Å². The number of carbonyl (C=O) groups is 4. The highest BCUT2D eigenvalue weighted by Gasteiger charge is 2.44. The predicted octanol–water partition coefficient (Wildman–Crippen LogP) is 3.77. The van der Waals surface area contributed by atoms with E-state index in [0.717, 1.165) is 39.9 Å². The van der Waals surface area contributed by atoms with Crippen LogP contribution in [0.5, 0.6) is 17.2 Å². The molecule has 1 atom stereocenters. The number of amides is 4. The fraction of sp³-hybridized carbons (Fsp3) is 0.333. The van der Waals surface area contributed by atoms with Gasteiger partial charge in [-0.05, 0) is 73.8 Å². The second-order valence-electron chi connectivity index (χ2n) is 13.3. The molecule has 3 N–H and O–H groups in total. The van der Waals surface area contributed by atoms with Crippen LogP contribution in [-0.4, -0.2) is 90.0 Å². The normalized spacial score (nSPS) is 15.7. The molecule has 4 heterocycles. The minimum absolute atomic E-state index is 0.0424. The zero-order chi connectivity index (χ0) is 39.2. The molecule has 1 saturated heterocycles. The summed E-state index contributed by atoms with van der Waals surface area (Å²) in [6, 6.07) is 9.21.